The fourth-order valence-corrected chi connectivity index (χ4v) is 4.74. The predicted molar refractivity (Wildman–Crippen MR) is 201 cm³/mol. The summed E-state index contributed by atoms with van der Waals surface area (Å²) in [4.78, 5) is 128. The van der Waals surface area contributed by atoms with Crippen molar-refractivity contribution < 1.29 is 68.6 Å². The molecule has 1 aromatic rings. The first kappa shape index (κ1) is 46.0. The lowest BCUT2D eigenvalue weighted by Crippen LogP contribution is -2.57. The molecule has 318 valence electrons. The van der Waals surface area contributed by atoms with Gasteiger partial charge in [-0.2, -0.15) is 0 Å². The van der Waals surface area contributed by atoms with Crippen molar-refractivity contribution in [3.05, 3.63) is 48.0 Å². The van der Waals surface area contributed by atoms with Crippen molar-refractivity contribution in [1.29, 1.82) is 0 Å². The first-order chi connectivity index (χ1) is 27.3. The van der Waals surface area contributed by atoms with Crippen LogP contribution in [0.5, 0.6) is 0 Å². The Bertz CT molecular complexity index is 1770. The van der Waals surface area contributed by atoms with Crippen LogP contribution in [0.25, 0.3) is 0 Å². The van der Waals surface area contributed by atoms with Gasteiger partial charge in [-0.25, -0.2) is 9.59 Å². The fourth-order valence-electron chi connectivity index (χ4n) is 4.74. The molecule has 1 aromatic carbocycles. The highest BCUT2D eigenvalue weighted by molar-refractivity contribution is 6.15. The molecule has 0 radical (unpaired) electrons. The van der Waals surface area contributed by atoms with Crippen molar-refractivity contribution in [2.24, 2.45) is 0 Å². The molecular weight excluding hydrogens is 766 g/mol. The van der Waals surface area contributed by atoms with Gasteiger partial charge in [0.2, 0.25) is 29.5 Å². The second kappa shape index (κ2) is 21.8. The van der Waals surface area contributed by atoms with Crippen molar-refractivity contribution in [2.75, 3.05) is 39.5 Å². The fraction of sp³-hybridized carbons (Fsp3) is 0.514. The van der Waals surface area contributed by atoms with Gasteiger partial charge in [-0.15, -0.1) is 0 Å². The number of carbonyl (C=O) groups is 10. The van der Waals surface area contributed by atoms with Crippen molar-refractivity contribution in [3.63, 3.8) is 0 Å². The zero-order chi connectivity index (χ0) is 44.7. The minimum atomic E-state index is -2.33. The van der Waals surface area contributed by atoms with Gasteiger partial charge in [0.05, 0.1) is 27.5 Å². The van der Waals surface area contributed by atoms with Gasteiger partial charge in [-0.05, 0) is 54.0 Å². The Labute approximate surface area is 335 Å². The maximum absolute atomic E-state index is 13.5. The van der Waals surface area contributed by atoms with E-state index in [1.54, 1.807) is 71.9 Å². The number of aliphatic carboxylic acids is 1. The van der Waals surface area contributed by atoms with E-state index >= 15 is 0 Å². The van der Waals surface area contributed by atoms with Gasteiger partial charge in [-0.1, -0.05) is 30.3 Å². The Hall–Kier alpha value is -6.38. The average Bonchev–Trinajstić information content (AvgIpc) is 3.45. The molecular formula is C37H51N7O14. The lowest BCUT2D eigenvalue weighted by Gasteiger charge is -2.32. The number of carboxylic acids is 1. The summed E-state index contributed by atoms with van der Waals surface area (Å²) in [7, 11) is 0. The van der Waals surface area contributed by atoms with E-state index in [-0.39, 0.29) is 6.42 Å². The quantitative estimate of drug-likeness (QED) is 0.0496. The van der Waals surface area contributed by atoms with Gasteiger partial charge in [0.1, 0.15) is 36.6 Å². The van der Waals surface area contributed by atoms with Crippen LogP contribution in [0.1, 0.15) is 55.4 Å². The number of carbonyl (C=O) groups excluding carboxylic acids is 9. The van der Waals surface area contributed by atoms with E-state index in [1.165, 1.54) is 0 Å². The number of amides is 8. The molecule has 0 aromatic heterocycles. The standard InChI is InChI=1S/C37H51N7O14/c1-22(34(53)54)56-21-41-27(46)17-39-32(51)24(15-23-11-9-8-10-12-23)42-28(47)18-38-26(45)16-40-33(52)25(44-29(48)13-14-30(44)49)19-43(35(55)58-37(5,6)7)20-31(50)57-36(2,3)4/h8-14,22,24-25H,15-21H2,1-7H3,(H,38,45)(H,39,51)(H,40,52)(H,41,46)(H,42,47)(H,53,54)/t22?,24-,25?/m0/s1/i22D. The molecule has 1 aliphatic heterocycles. The minimum absolute atomic E-state index is 0.0403. The Balaban J connectivity index is 2.09. The lowest BCUT2D eigenvalue weighted by atomic mass is 10.1. The van der Waals surface area contributed by atoms with E-state index in [9.17, 15) is 47.9 Å². The molecule has 21 heteroatoms. The maximum Gasteiger partial charge on any atom is 0.410 e. The lowest BCUT2D eigenvalue weighted by molar-refractivity contribution is -0.156. The van der Waals surface area contributed by atoms with E-state index in [1.807, 2.05) is 0 Å². The molecule has 6 N–H and O–H groups in total. The van der Waals surface area contributed by atoms with Crippen LogP contribution in [0, 0.1) is 0 Å². The second-order valence-corrected chi connectivity index (χ2v) is 14.6. The number of imide groups is 1. The number of hydrogen-bond donors (Lipinski definition) is 6. The van der Waals surface area contributed by atoms with E-state index in [0.29, 0.717) is 10.5 Å². The molecule has 0 saturated heterocycles. The summed E-state index contributed by atoms with van der Waals surface area (Å²) < 4.78 is 23.0. The average molecular weight is 819 g/mol. The topological polar surface area (TPSA) is 285 Å². The van der Waals surface area contributed by atoms with Gasteiger partial charge >= 0.3 is 18.0 Å². The van der Waals surface area contributed by atoms with Crippen molar-refractivity contribution in [3.8, 4) is 0 Å². The third-order valence-corrected chi connectivity index (χ3v) is 7.33. The SMILES string of the molecule is [2H]C(C)(OCNC(=O)CNC(=O)[C@H](Cc1ccccc1)NC(=O)CNC(=O)CNC(=O)C(CN(CC(=O)OC(C)(C)C)C(=O)OC(C)(C)C)N1C(=O)C=CC1=O)C(=O)O. The predicted octanol–water partition coefficient (Wildman–Crippen LogP) is -1.50. The molecule has 0 saturated carbocycles. The van der Waals surface area contributed by atoms with Gasteiger partial charge < -0.3 is 45.9 Å². The number of carboxylic acid groups (broad SMARTS) is 1. The molecule has 0 bridgehead atoms. The van der Waals surface area contributed by atoms with E-state index in [0.717, 1.165) is 24.0 Å². The van der Waals surface area contributed by atoms with Crippen molar-refractivity contribution in [2.45, 2.75) is 84.3 Å². The molecule has 21 nitrogen and oxygen atoms in total. The zero-order valence-corrected chi connectivity index (χ0v) is 33.3. The van der Waals surface area contributed by atoms with Crippen LogP contribution >= 0.6 is 0 Å². The molecule has 2 unspecified atom stereocenters. The smallest absolute Gasteiger partial charge is 0.410 e. The van der Waals surface area contributed by atoms with Gasteiger partial charge in [0.25, 0.3) is 11.8 Å². The Morgan fingerprint density at radius 1 is 0.776 bits per heavy atom. The summed E-state index contributed by atoms with van der Waals surface area (Å²) in [6.07, 6.45) is -1.64. The summed E-state index contributed by atoms with van der Waals surface area (Å²) in [6.45, 7) is 6.18. The number of nitrogens with one attached hydrogen (secondary N) is 5. The summed E-state index contributed by atoms with van der Waals surface area (Å²) in [5.41, 5.74) is -1.38. The van der Waals surface area contributed by atoms with Crippen LogP contribution in [0.3, 0.4) is 0 Å². The molecule has 0 aliphatic carbocycles. The molecule has 2 rings (SSSR count). The number of ether oxygens (including phenoxy) is 3. The molecule has 1 aliphatic rings. The van der Waals surface area contributed by atoms with Crippen LogP contribution < -0.4 is 26.6 Å². The summed E-state index contributed by atoms with van der Waals surface area (Å²) in [6, 6.07) is 5.45. The molecule has 0 spiro atoms. The Kier molecular flexibility index (Phi) is 17.3. The van der Waals surface area contributed by atoms with Crippen LogP contribution in [0.2, 0.25) is 0 Å². The minimum Gasteiger partial charge on any atom is -0.479 e. The molecule has 8 amide bonds. The van der Waals surface area contributed by atoms with Crippen molar-refractivity contribution in [1.82, 2.24) is 36.4 Å². The maximum atomic E-state index is 13.5. The molecule has 3 atom stereocenters. The van der Waals surface area contributed by atoms with Gasteiger partial charge in [0.15, 0.2) is 6.08 Å². The first-order valence-electron chi connectivity index (χ1n) is 18.3. The summed E-state index contributed by atoms with van der Waals surface area (Å²) >= 11 is 0. The van der Waals surface area contributed by atoms with Crippen molar-refractivity contribution >= 4 is 59.4 Å². The Morgan fingerprint density at radius 2 is 1.31 bits per heavy atom. The van der Waals surface area contributed by atoms with Crippen LogP contribution in [0.15, 0.2) is 42.5 Å². The second-order valence-electron chi connectivity index (χ2n) is 14.6. The number of benzene rings is 1. The normalized spacial score (nSPS) is 14.8. The number of rotatable bonds is 20. The van der Waals surface area contributed by atoms with Crippen LogP contribution in [0.4, 0.5) is 4.79 Å². The number of nitrogens with zero attached hydrogens (tertiary/aromatic N) is 2. The highest BCUT2D eigenvalue weighted by Crippen LogP contribution is 2.16. The van der Waals surface area contributed by atoms with Gasteiger partial charge in [0, 0.05) is 18.6 Å². The third-order valence-electron chi connectivity index (χ3n) is 7.33. The summed E-state index contributed by atoms with van der Waals surface area (Å²) in [5.74, 6) is -8.74. The largest absolute Gasteiger partial charge is 0.479 e. The van der Waals surface area contributed by atoms with Crippen LogP contribution in [-0.2, 0) is 63.8 Å². The van der Waals surface area contributed by atoms with E-state index in [4.69, 9.17) is 20.7 Å². The molecule has 58 heavy (non-hydrogen) atoms. The molecule has 1 heterocycles. The highest BCUT2D eigenvalue weighted by atomic mass is 16.6. The highest BCUT2D eigenvalue weighted by Gasteiger charge is 2.39. The van der Waals surface area contributed by atoms with Crippen LogP contribution in [-0.4, -0.2) is 143 Å². The molecule has 0 fully saturated rings. The summed E-state index contributed by atoms with van der Waals surface area (Å²) in [5, 5.41) is 20.4. The van der Waals surface area contributed by atoms with Gasteiger partial charge in [-0.3, -0.25) is 48.2 Å². The zero-order valence-electron chi connectivity index (χ0n) is 34.3. The van der Waals surface area contributed by atoms with E-state index < -0.39 is 128 Å². The number of hydrogen-bond acceptors (Lipinski definition) is 13. The Morgan fingerprint density at radius 3 is 1.86 bits per heavy atom. The number of esters is 1. The first-order valence-corrected chi connectivity index (χ1v) is 17.8. The third kappa shape index (κ3) is 17.6. The van der Waals surface area contributed by atoms with E-state index in [2.05, 4.69) is 26.6 Å². The monoisotopic (exact) mass is 818 g/mol.